The summed E-state index contributed by atoms with van der Waals surface area (Å²) in [4.78, 5) is 54.5. The number of hydrogen-bond donors (Lipinski definition) is 4. The number of nitrogens with one attached hydrogen (secondary N) is 1. The maximum absolute atomic E-state index is 13.4. The second-order valence-electron chi connectivity index (χ2n) is 8.91. The smallest absolute Gasteiger partial charge is 0.355 e. The molecule has 2 aliphatic heterocycles. The fraction of sp³-hybridized carbons (Fsp3) is 0.231. The number of β-lactam (4-membered cyclic amide) rings is 1. The van der Waals surface area contributed by atoms with Crippen molar-refractivity contribution >= 4 is 56.9 Å². The second kappa shape index (κ2) is 11.4. The first-order chi connectivity index (χ1) is 19.7. The molecular formula is C26H24N6O7S2. The van der Waals surface area contributed by atoms with E-state index in [-0.39, 0.29) is 40.3 Å². The Morgan fingerprint density at radius 3 is 2.76 bits per heavy atom. The number of anilines is 1. The second-order valence-corrected chi connectivity index (χ2v) is 10.7. The summed E-state index contributed by atoms with van der Waals surface area (Å²) in [5.74, 6) is -2.45. The van der Waals surface area contributed by atoms with E-state index in [1.807, 2.05) is 0 Å². The maximum Gasteiger partial charge on any atom is 0.355 e. The van der Waals surface area contributed by atoms with Gasteiger partial charge in [-0.05, 0) is 31.0 Å². The lowest BCUT2D eigenvalue weighted by Gasteiger charge is -2.50. The SMILES string of the molecule is C=CCOC(=O)C1=C(c2csc(-c3ccc(O)c(O)c3)n2)CC[C@@H]2[C@H](NC(=O)/C(=N\OC)c3csc(N)n3)C(=O)N12. The number of ether oxygens (including phenoxy) is 1. The number of oxime groups is 1. The van der Waals surface area contributed by atoms with Gasteiger partial charge >= 0.3 is 5.97 Å². The standard InChI is InChI=1S/C26H24N6O7S2/c1-3-8-39-25(37)21-13(14-10-40-23(28-14)12-4-7-17(33)18(34)9-12)5-6-16-20(24(36)32(16)21)30-22(35)19(31-38-2)15-11-41-26(27)29-15/h3-4,7,9-11,16,20,33-34H,1,5-6,8H2,2H3,(H2,27,29)(H,30,35)/b31-19-/t16-,20+/m1/s1. The molecule has 5 N–H and O–H groups in total. The summed E-state index contributed by atoms with van der Waals surface area (Å²) >= 11 is 2.40. The van der Waals surface area contributed by atoms with E-state index in [0.29, 0.717) is 34.7 Å². The van der Waals surface area contributed by atoms with Gasteiger partial charge in [-0.1, -0.05) is 17.8 Å². The Kier molecular flexibility index (Phi) is 7.72. The van der Waals surface area contributed by atoms with Gasteiger partial charge in [0.25, 0.3) is 11.8 Å². The van der Waals surface area contributed by atoms with Gasteiger partial charge in [-0.25, -0.2) is 14.8 Å². The molecule has 0 bridgehead atoms. The van der Waals surface area contributed by atoms with Crippen molar-refractivity contribution < 1.29 is 34.2 Å². The molecule has 0 saturated carbocycles. The van der Waals surface area contributed by atoms with Gasteiger partial charge in [0, 0.05) is 21.9 Å². The number of amides is 2. The Bertz CT molecular complexity index is 1610. The molecule has 15 heteroatoms. The van der Waals surface area contributed by atoms with Crippen molar-refractivity contribution in [1.82, 2.24) is 20.2 Å². The first-order valence-electron chi connectivity index (χ1n) is 12.2. The van der Waals surface area contributed by atoms with Crippen molar-refractivity contribution in [3.8, 4) is 22.1 Å². The number of phenolic OH excluding ortho intramolecular Hbond substituents is 2. The molecule has 3 aromatic rings. The van der Waals surface area contributed by atoms with E-state index in [2.05, 4.69) is 27.0 Å². The average molecular weight is 597 g/mol. The molecule has 4 heterocycles. The summed E-state index contributed by atoms with van der Waals surface area (Å²) in [5.41, 5.74) is 7.35. The lowest BCUT2D eigenvalue weighted by atomic mass is 9.82. The summed E-state index contributed by atoms with van der Waals surface area (Å²) < 4.78 is 5.31. The zero-order valence-corrected chi connectivity index (χ0v) is 23.2. The van der Waals surface area contributed by atoms with E-state index in [1.165, 1.54) is 41.6 Å². The number of fused-ring (bicyclic) bond motifs is 1. The Hall–Kier alpha value is -4.76. The number of carbonyl (C=O) groups is 3. The van der Waals surface area contributed by atoms with Gasteiger partial charge < -0.3 is 30.8 Å². The lowest BCUT2D eigenvalue weighted by Crippen LogP contribution is -2.72. The third kappa shape index (κ3) is 5.24. The topological polar surface area (TPSA) is 190 Å². The third-order valence-electron chi connectivity index (χ3n) is 6.45. The molecule has 2 amide bonds. The van der Waals surface area contributed by atoms with Crippen LogP contribution < -0.4 is 11.1 Å². The van der Waals surface area contributed by atoms with Crippen LogP contribution in [0.5, 0.6) is 11.5 Å². The molecule has 13 nitrogen and oxygen atoms in total. The first-order valence-corrected chi connectivity index (χ1v) is 13.9. The van der Waals surface area contributed by atoms with Crippen LogP contribution in [0.25, 0.3) is 16.1 Å². The quantitative estimate of drug-likeness (QED) is 0.0712. The summed E-state index contributed by atoms with van der Waals surface area (Å²) in [5, 5.41) is 30.0. The Morgan fingerprint density at radius 1 is 1.27 bits per heavy atom. The van der Waals surface area contributed by atoms with E-state index < -0.39 is 29.9 Å². The van der Waals surface area contributed by atoms with Crippen LogP contribution in [0.4, 0.5) is 5.13 Å². The number of aromatic hydroxyl groups is 2. The number of phenols is 2. The largest absolute Gasteiger partial charge is 0.504 e. The van der Waals surface area contributed by atoms with Crippen LogP contribution in [0.15, 0.2) is 52.5 Å². The molecule has 1 saturated heterocycles. The molecule has 0 unspecified atom stereocenters. The van der Waals surface area contributed by atoms with Crippen molar-refractivity contribution in [2.24, 2.45) is 5.16 Å². The third-order valence-corrected chi connectivity index (χ3v) is 8.01. The molecule has 0 spiro atoms. The van der Waals surface area contributed by atoms with Crippen LogP contribution in [0.1, 0.15) is 24.2 Å². The number of thiazole rings is 2. The molecular weight excluding hydrogens is 572 g/mol. The van der Waals surface area contributed by atoms with Crippen molar-refractivity contribution in [2.45, 2.75) is 24.9 Å². The van der Waals surface area contributed by atoms with Crippen LogP contribution >= 0.6 is 22.7 Å². The van der Waals surface area contributed by atoms with Gasteiger partial charge in [-0.2, -0.15) is 0 Å². The predicted octanol–water partition coefficient (Wildman–Crippen LogP) is 2.24. The molecule has 2 aromatic heterocycles. The monoisotopic (exact) mass is 596 g/mol. The van der Waals surface area contributed by atoms with E-state index in [1.54, 1.807) is 16.8 Å². The number of carbonyl (C=O) groups excluding carboxylic acids is 3. The van der Waals surface area contributed by atoms with Crippen LogP contribution in [-0.2, 0) is 24.0 Å². The van der Waals surface area contributed by atoms with E-state index in [9.17, 15) is 24.6 Å². The fourth-order valence-electron chi connectivity index (χ4n) is 4.61. The molecule has 1 fully saturated rings. The minimum absolute atomic E-state index is 0.0436. The van der Waals surface area contributed by atoms with Gasteiger partial charge in [0.2, 0.25) is 0 Å². The highest BCUT2D eigenvalue weighted by molar-refractivity contribution is 7.13. The number of nitrogens with two attached hydrogens (primary N) is 1. The number of rotatable bonds is 9. The fourth-order valence-corrected chi connectivity index (χ4v) is 5.99. The van der Waals surface area contributed by atoms with Gasteiger partial charge in [-0.3, -0.25) is 14.5 Å². The number of allylic oxidation sites excluding steroid dienone is 1. The van der Waals surface area contributed by atoms with Crippen LogP contribution in [-0.4, -0.2) is 74.4 Å². The van der Waals surface area contributed by atoms with E-state index in [4.69, 9.17) is 15.3 Å². The van der Waals surface area contributed by atoms with E-state index >= 15 is 0 Å². The highest BCUT2D eigenvalue weighted by Crippen LogP contribution is 2.42. The number of hydrogen-bond acceptors (Lipinski definition) is 13. The highest BCUT2D eigenvalue weighted by Gasteiger charge is 2.54. The van der Waals surface area contributed by atoms with Crippen LogP contribution in [0.2, 0.25) is 0 Å². The van der Waals surface area contributed by atoms with Crippen molar-refractivity contribution in [3.63, 3.8) is 0 Å². The Morgan fingerprint density at radius 2 is 2.07 bits per heavy atom. The molecule has 2 atom stereocenters. The molecule has 5 rings (SSSR count). The van der Waals surface area contributed by atoms with Gasteiger partial charge in [0.15, 0.2) is 22.3 Å². The van der Waals surface area contributed by atoms with Crippen LogP contribution in [0.3, 0.4) is 0 Å². The Balaban J connectivity index is 1.43. The van der Waals surface area contributed by atoms with E-state index in [0.717, 1.165) is 11.3 Å². The molecule has 212 valence electrons. The zero-order valence-electron chi connectivity index (χ0n) is 21.6. The van der Waals surface area contributed by atoms with Gasteiger partial charge in [-0.15, -0.1) is 22.7 Å². The van der Waals surface area contributed by atoms with Crippen LogP contribution in [0, 0.1) is 0 Å². The van der Waals surface area contributed by atoms with Gasteiger partial charge in [0.05, 0.1) is 11.7 Å². The number of nitrogens with zero attached hydrogens (tertiary/aromatic N) is 4. The first kappa shape index (κ1) is 27.8. The summed E-state index contributed by atoms with van der Waals surface area (Å²) in [6, 6.07) is 2.91. The van der Waals surface area contributed by atoms with Crippen molar-refractivity contribution in [3.05, 3.63) is 58.7 Å². The molecule has 41 heavy (non-hydrogen) atoms. The number of benzene rings is 1. The minimum atomic E-state index is -0.921. The average Bonchev–Trinajstić information content (AvgIpc) is 3.63. The predicted molar refractivity (Wildman–Crippen MR) is 151 cm³/mol. The van der Waals surface area contributed by atoms with Gasteiger partial charge in [0.1, 0.15) is 36.2 Å². The number of aromatic nitrogens is 2. The molecule has 0 aliphatic carbocycles. The summed E-state index contributed by atoms with van der Waals surface area (Å²) in [6.45, 7) is 3.50. The number of esters is 1. The summed E-state index contributed by atoms with van der Waals surface area (Å²) in [6.07, 6.45) is 2.21. The minimum Gasteiger partial charge on any atom is -0.504 e. The summed E-state index contributed by atoms with van der Waals surface area (Å²) in [7, 11) is 1.28. The number of nitrogen functional groups attached to an aromatic ring is 1. The normalized spacial score (nSPS) is 18.4. The highest BCUT2D eigenvalue weighted by atomic mass is 32.1. The lowest BCUT2D eigenvalue weighted by molar-refractivity contribution is -0.156. The van der Waals surface area contributed by atoms with Crippen molar-refractivity contribution in [1.29, 1.82) is 0 Å². The molecule has 1 aromatic carbocycles. The Labute approximate surface area is 241 Å². The maximum atomic E-state index is 13.4. The molecule has 2 aliphatic rings. The molecule has 0 radical (unpaired) electrons. The van der Waals surface area contributed by atoms with Crippen molar-refractivity contribution in [2.75, 3.05) is 19.5 Å². The zero-order chi connectivity index (χ0) is 29.3.